The second kappa shape index (κ2) is 15.8. The van der Waals surface area contributed by atoms with E-state index in [4.69, 9.17) is 8.23 Å². The van der Waals surface area contributed by atoms with Crippen molar-refractivity contribution >= 4 is 61.5 Å². The molecular formula is C46H42O2Si3. The Hall–Kier alpha value is -5.15. The molecule has 0 atom stereocenters. The van der Waals surface area contributed by atoms with E-state index in [-0.39, 0.29) is 0 Å². The SMILES string of the molecule is C=CCC[Si](O[Si](O[Si](c1ccccc1)(c1ccccc1)c1ccccc1)(c1ccccc1)c1ccccc1)(c1ccccc1)c1ccccc1. The van der Waals surface area contributed by atoms with Crippen LogP contribution in [0.4, 0.5) is 0 Å². The number of hydrogen-bond acceptors (Lipinski definition) is 2. The minimum absolute atomic E-state index is 0.808. The van der Waals surface area contributed by atoms with Gasteiger partial charge in [0.25, 0.3) is 8.32 Å². The molecule has 0 N–H and O–H groups in total. The Bertz CT molecular complexity index is 1920. The standard InChI is InChI=1S/C46H42O2Si3/c1-2-3-39-49(40-25-11-4-12-26-40,41-27-13-5-14-28-41)47-51(45-35-21-9-22-36-45,46-37-23-10-24-38-46)48-50(42-29-15-6-16-30-42,43-31-17-7-18-32-43)44-33-19-8-20-34-44/h2,4-38H,1,3,39H2. The molecule has 0 fully saturated rings. The highest BCUT2D eigenvalue weighted by Crippen LogP contribution is 2.26. The van der Waals surface area contributed by atoms with Crippen LogP contribution in [-0.2, 0) is 8.23 Å². The Balaban J connectivity index is 1.62. The van der Waals surface area contributed by atoms with Crippen LogP contribution >= 0.6 is 0 Å². The van der Waals surface area contributed by atoms with Gasteiger partial charge in [-0.25, -0.2) is 0 Å². The van der Waals surface area contributed by atoms with Gasteiger partial charge in [-0.15, -0.1) is 6.58 Å². The van der Waals surface area contributed by atoms with Crippen LogP contribution in [0.5, 0.6) is 0 Å². The van der Waals surface area contributed by atoms with Gasteiger partial charge in [-0.3, -0.25) is 0 Å². The van der Waals surface area contributed by atoms with E-state index in [1.165, 1.54) is 25.9 Å². The molecule has 7 rings (SSSR count). The van der Waals surface area contributed by atoms with E-state index in [9.17, 15) is 0 Å². The van der Waals surface area contributed by atoms with Gasteiger partial charge >= 0.3 is 8.56 Å². The van der Waals surface area contributed by atoms with E-state index >= 15 is 0 Å². The fourth-order valence-corrected chi connectivity index (χ4v) is 23.7. The molecule has 0 aliphatic heterocycles. The first-order valence-electron chi connectivity index (χ1n) is 17.6. The first-order valence-corrected chi connectivity index (χ1v) is 23.5. The summed E-state index contributed by atoms with van der Waals surface area (Å²) in [6.45, 7) is 4.20. The molecule has 0 saturated carbocycles. The molecule has 0 heterocycles. The van der Waals surface area contributed by atoms with Crippen molar-refractivity contribution in [3.63, 3.8) is 0 Å². The highest BCUT2D eigenvalue weighted by Gasteiger charge is 2.57. The molecule has 0 aliphatic carbocycles. The lowest BCUT2D eigenvalue weighted by Crippen LogP contribution is -2.81. The van der Waals surface area contributed by atoms with Gasteiger partial charge in [0.05, 0.1) is 0 Å². The van der Waals surface area contributed by atoms with E-state index in [0.29, 0.717) is 0 Å². The summed E-state index contributed by atoms with van der Waals surface area (Å²) in [7, 11) is -10.1. The van der Waals surface area contributed by atoms with Gasteiger partial charge in [-0.05, 0) is 48.8 Å². The van der Waals surface area contributed by atoms with Gasteiger partial charge in [-0.1, -0.05) is 218 Å². The largest absolute Gasteiger partial charge is 0.422 e. The van der Waals surface area contributed by atoms with Gasteiger partial charge in [0.2, 0.25) is 8.32 Å². The number of rotatable bonds is 14. The minimum atomic E-state index is -3.69. The number of allylic oxidation sites excluding steroid dienone is 1. The third-order valence-electron chi connectivity index (χ3n) is 9.64. The summed E-state index contributed by atoms with van der Waals surface area (Å²) < 4.78 is 16.9. The average Bonchev–Trinajstić information content (AvgIpc) is 3.23. The van der Waals surface area contributed by atoms with E-state index in [1.54, 1.807) is 0 Å². The van der Waals surface area contributed by atoms with Gasteiger partial charge in [0, 0.05) is 0 Å². The zero-order chi connectivity index (χ0) is 34.8. The molecule has 0 bridgehead atoms. The lowest BCUT2D eigenvalue weighted by atomic mass is 10.3. The molecule has 0 aromatic heterocycles. The van der Waals surface area contributed by atoms with Crippen molar-refractivity contribution in [2.75, 3.05) is 0 Å². The Morgan fingerprint density at radius 1 is 0.353 bits per heavy atom. The molecule has 5 heteroatoms. The van der Waals surface area contributed by atoms with Crippen LogP contribution in [0.15, 0.2) is 225 Å². The quantitative estimate of drug-likeness (QED) is 0.0752. The number of hydrogen-bond donors (Lipinski definition) is 0. The van der Waals surface area contributed by atoms with Crippen molar-refractivity contribution < 1.29 is 8.23 Å². The Morgan fingerprint density at radius 3 is 0.922 bits per heavy atom. The van der Waals surface area contributed by atoms with Crippen molar-refractivity contribution in [2.24, 2.45) is 0 Å². The van der Waals surface area contributed by atoms with Crippen molar-refractivity contribution in [3.05, 3.63) is 225 Å². The molecule has 0 amide bonds. The molecule has 7 aromatic carbocycles. The van der Waals surface area contributed by atoms with Crippen LogP contribution in [0.3, 0.4) is 0 Å². The van der Waals surface area contributed by atoms with E-state index in [0.717, 1.165) is 22.8 Å². The molecule has 0 radical (unpaired) electrons. The van der Waals surface area contributed by atoms with Gasteiger partial charge in [0.15, 0.2) is 0 Å². The third-order valence-corrected chi connectivity index (χ3v) is 23.7. The van der Waals surface area contributed by atoms with Crippen LogP contribution < -0.4 is 36.3 Å². The molecule has 7 aromatic rings. The molecule has 0 aliphatic rings. The van der Waals surface area contributed by atoms with E-state index in [2.05, 4.69) is 219 Å². The zero-order valence-electron chi connectivity index (χ0n) is 28.7. The monoisotopic (exact) mass is 710 g/mol. The second-order valence-electron chi connectivity index (χ2n) is 12.7. The lowest BCUT2D eigenvalue weighted by Gasteiger charge is -2.47. The molecule has 0 saturated heterocycles. The maximum atomic E-state index is 8.50. The average molecular weight is 711 g/mol. The molecule has 250 valence electrons. The molecule has 51 heavy (non-hydrogen) atoms. The minimum Gasteiger partial charge on any atom is -0.422 e. The predicted octanol–water partition coefficient (Wildman–Crippen LogP) is 6.28. The topological polar surface area (TPSA) is 18.5 Å². The summed E-state index contributed by atoms with van der Waals surface area (Å²) in [5.74, 6) is 0. The van der Waals surface area contributed by atoms with Crippen molar-refractivity contribution in [1.29, 1.82) is 0 Å². The molecule has 0 unspecified atom stereocenters. The van der Waals surface area contributed by atoms with Crippen molar-refractivity contribution in [1.82, 2.24) is 0 Å². The van der Waals surface area contributed by atoms with Crippen LogP contribution in [-0.4, -0.2) is 25.2 Å². The van der Waals surface area contributed by atoms with Crippen LogP contribution in [0.2, 0.25) is 6.04 Å². The van der Waals surface area contributed by atoms with Crippen molar-refractivity contribution in [3.8, 4) is 0 Å². The summed E-state index contributed by atoms with van der Waals surface area (Å²) in [4.78, 5) is 0. The summed E-state index contributed by atoms with van der Waals surface area (Å²) in [6, 6.07) is 76.8. The number of benzene rings is 7. The van der Waals surface area contributed by atoms with Crippen LogP contribution in [0.1, 0.15) is 6.42 Å². The maximum Gasteiger partial charge on any atom is 0.387 e. The normalized spacial score (nSPS) is 11.9. The summed E-state index contributed by atoms with van der Waals surface area (Å²) in [5, 5.41) is 8.12. The van der Waals surface area contributed by atoms with Gasteiger partial charge in [0.1, 0.15) is 0 Å². The van der Waals surface area contributed by atoms with E-state index in [1.807, 2.05) is 6.08 Å². The fourth-order valence-electron chi connectivity index (χ4n) is 7.24. The van der Waals surface area contributed by atoms with Crippen LogP contribution in [0.25, 0.3) is 0 Å². The lowest BCUT2D eigenvalue weighted by molar-refractivity contribution is 0.423. The molecule has 2 nitrogen and oxygen atoms in total. The second-order valence-corrected chi connectivity index (χ2v) is 23.1. The highest BCUT2D eigenvalue weighted by molar-refractivity contribution is 7.15. The summed E-state index contributed by atoms with van der Waals surface area (Å²) in [6.07, 6.45) is 2.84. The molecule has 0 spiro atoms. The Morgan fingerprint density at radius 2 is 0.627 bits per heavy atom. The zero-order valence-corrected chi connectivity index (χ0v) is 31.7. The van der Waals surface area contributed by atoms with Crippen LogP contribution in [0, 0.1) is 0 Å². The van der Waals surface area contributed by atoms with E-state index < -0.39 is 25.2 Å². The summed E-state index contributed by atoms with van der Waals surface area (Å²) in [5.41, 5.74) is 0. The van der Waals surface area contributed by atoms with Crippen molar-refractivity contribution in [2.45, 2.75) is 12.5 Å². The Labute approximate surface area is 305 Å². The first kappa shape index (κ1) is 34.3. The van der Waals surface area contributed by atoms with Gasteiger partial charge < -0.3 is 8.23 Å². The maximum absolute atomic E-state index is 8.50. The fraction of sp³-hybridized carbons (Fsp3) is 0.0435. The molecular weight excluding hydrogens is 669 g/mol. The third kappa shape index (κ3) is 6.82. The predicted molar refractivity (Wildman–Crippen MR) is 222 cm³/mol. The highest BCUT2D eigenvalue weighted by atomic mass is 28.5. The van der Waals surface area contributed by atoms with Gasteiger partial charge in [-0.2, -0.15) is 0 Å². The Kier molecular flexibility index (Phi) is 10.6. The first-order chi connectivity index (χ1) is 25.2. The smallest absolute Gasteiger partial charge is 0.387 e. The summed E-state index contributed by atoms with van der Waals surface area (Å²) >= 11 is 0.